The van der Waals surface area contributed by atoms with Crippen LogP contribution in [0.2, 0.25) is 0 Å². The molecule has 1 saturated carbocycles. The fraction of sp³-hybridized carbons (Fsp3) is 0.267. The van der Waals surface area contributed by atoms with Crippen LogP contribution in [0.3, 0.4) is 0 Å². The Bertz CT molecular complexity index is 812. The molecule has 0 aliphatic heterocycles. The molecule has 23 heavy (non-hydrogen) atoms. The lowest BCUT2D eigenvalue weighted by molar-refractivity contribution is 0.146. The van der Waals surface area contributed by atoms with Crippen LogP contribution >= 0.6 is 0 Å². The first-order valence-corrected chi connectivity index (χ1v) is 7.15. The molecule has 8 heteroatoms. The molecule has 4 rings (SSSR count). The van der Waals surface area contributed by atoms with Gasteiger partial charge in [0.05, 0.1) is 0 Å². The average Bonchev–Trinajstić information content (AvgIpc) is 3.13. The summed E-state index contributed by atoms with van der Waals surface area (Å²) >= 11 is 0. The molecule has 1 aliphatic rings. The van der Waals surface area contributed by atoms with Crippen LogP contribution < -0.4 is 5.32 Å². The van der Waals surface area contributed by atoms with E-state index in [4.69, 9.17) is 8.94 Å². The first-order valence-electron chi connectivity index (χ1n) is 7.15. The Morgan fingerprint density at radius 2 is 1.91 bits per heavy atom. The Morgan fingerprint density at radius 3 is 2.61 bits per heavy atom. The Labute approximate surface area is 129 Å². The molecule has 3 aromatic rings. The molecule has 0 amide bonds. The maximum Gasteiger partial charge on any atom is 0.297 e. The normalized spacial score (nSPS) is 14.4. The summed E-state index contributed by atoms with van der Waals surface area (Å²) in [5, 5.41) is 6.65. The van der Waals surface area contributed by atoms with Crippen LogP contribution in [-0.4, -0.2) is 15.1 Å². The SMILES string of the molecule is FC(F)c1nc(C2CC2)oc1-c1nc(Nc2ccccc2)no1. The van der Waals surface area contributed by atoms with Crippen molar-refractivity contribution in [1.29, 1.82) is 0 Å². The van der Waals surface area contributed by atoms with E-state index < -0.39 is 12.1 Å². The predicted octanol–water partition coefficient (Wildman–Crippen LogP) is 4.28. The Hall–Kier alpha value is -2.77. The standard InChI is InChI=1S/C15H12F2N4O2/c16-12(17)10-11(22-13(19-10)8-6-7-8)14-20-15(21-23-14)18-9-4-2-1-3-5-9/h1-5,8,12H,6-7H2,(H,18,21). The van der Waals surface area contributed by atoms with Gasteiger partial charge in [-0.05, 0) is 30.1 Å². The minimum Gasteiger partial charge on any atom is -0.435 e. The lowest BCUT2D eigenvalue weighted by Crippen LogP contribution is -1.92. The number of halogens is 2. The number of aromatic nitrogens is 3. The molecule has 0 spiro atoms. The van der Waals surface area contributed by atoms with Crippen molar-refractivity contribution in [3.63, 3.8) is 0 Å². The summed E-state index contributed by atoms with van der Waals surface area (Å²) in [7, 11) is 0. The third-order valence-corrected chi connectivity index (χ3v) is 3.45. The van der Waals surface area contributed by atoms with Crippen molar-refractivity contribution in [2.75, 3.05) is 5.32 Å². The summed E-state index contributed by atoms with van der Waals surface area (Å²) in [5.41, 5.74) is 0.298. The van der Waals surface area contributed by atoms with E-state index in [0.29, 0.717) is 5.89 Å². The highest BCUT2D eigenvalue weighted by Crippen LogP contribution is 2.43. The van der Waals surface area contributed by atoms with Crippen molar-refractivity contribution >= 4 is 11.6 Å². The van der Waals surface area contributed by atoms with E-state index in [0.717, 1.165) is 18.5 Å². The molecule has 118 valence electrons. The fourth-order valence-corrected chi connectivity index (χ4v) is 2.17. The fourth-order valence-electron chi connectivity index (χ4n) is 2.17. The summed E-state index contributed by atoms with van der Waals surface area (Å²) < 4.78 is 36.7. The van der Waals surface area contributed by atoms with Gasteiger partial charge in [0.1, 0.15) is 0 Å². The highest BCUT2D eigenvalue weighted by Gasteiger charge is 2.34. The van der Waals surface area contributed by atoms with Gasteiger partial charge in [0.25, 0.3) is 18.3 Å². The third kappa shape index (κ3) is 2.79. The van der Waals surface area contributed by atoms with Crippen LogP contribution in [-0.2, 0) is 0 Å². The minimum atomic E-state index is -2.77. The highest BCUT2D eigenvalue weighted by atomic mass is 19.3. The minimum absolute atomic E-state index is 0.113. The van der Waals surface area contributed by atoms with Crippen LogP contribution in [0.4, 0.5) is 20.4 Å². The van der Waals surface area contributed by atoms with Crippen molar-refractivity contribution in [3.05, 3.63) is 41.9 Å². The highest BCUT2D eigenvalue weighted by molar-refractivity contribution is 5.56. The zero-order valence-electron chi connectivity index (χ0n) is 11.9. The molecule has 2 aromatic heterocycles. The number of benzene rings is 1. The van der Waals surface area contributed by atoms with Crippen LogP contribution in [0.1, 0.15) is 36.8 Å². The number of nitrogens with one attached hydrogen (secondary N) is 1. The van der Waals surface area contributed by atoms with E-state index in [2.05, 4.69) is 20.4 Å². The van der Waals surface area contributed by atoms with Crippen LogP contribution in [0, 0.1) is 0 Å². The van der Waals surface area contributed by atoms with E-state index in [1.54, 1.807) is 0 Å². The topological polar surface area (TPSA) is 77.0 Å². The summed E-state index contributed by atoms with van der Waals surface area (Å²) in [6.45, 7) is 0. The second-order valence-corrected chi connectivity index (χ2v) is 5.26. The third-order valence-electron chi connectivity index (χ3n) is 3.45. The lowest BCUT2D eigenvalue weighted by Gasteiger charge is -1.98. The van der Waals surface area contributed by atoms with E-state index in [9.17, 15) is 8.78 Å². The summed E-state index contributed by atoms with van der Waals surface area (Å²) in [6, 6.07) is 9.20. The van der Waals surface area contributed by atoms with E-state index in [-0.39, 0.29) is 23.5 Å². The number of para-hydroxylation sites is 1. The van der Waals surface area contributed by atoms with E-state index in [1.807, 2.05) is 30.3 Å². The molecule has 2 heterocycles. The van der Waals surface area contributed by atoms with Crippen LogP contribution in [0.15, 0.2) is 39.3 Å². The van der Waals surface area contributed by atoms with Gasteiger partial charge in [0.2, 0.25) is 5.76 Å². The summed E-state index contributed by atoms with van der Waals surface area (Å²) in [5.74, 6) is 0.321. The molecule has 1 aromatic carbocycles. The second kappa shape index (κ2) is 5.45. The van der Waals surface area contributed by atoms with Gasteiger partial charge >= 0.3 is 0 Å². The maximum atomic E-state index is 13.1. The van der Waals surface area contributed by atoms with Gasteiger partial charge < -0.3 is 14.3 Å². The van der Waals surface area contributed by atoms with Crippen molar-refractivity contribution < 1.29 is 17.7 Å². The van der Waals surface area contributed by atoms with Crippen molar-refractivity contribution in [2.24, 2.45) is 0 Å². The zero-order chi connectivity index (χ0) is 15.8. The average molecular weight is 318 g/mol. The predicted molar refractivity (Wildman–Crippen MR) is 76.5 cm³/mol. The summed E-state index contributed by atoms with van der Waals surface area (Å²) in [6.07, 6.45) is -0.973. The molecule has 6 nitrogen and oxygen atoms in total. The van der Waals surface area contributed by atoms with Crippen molar-refractivity contribution in [3.8, 4) is 11.7 Å². The first kappa shape index (κ1) is 13.9. The Balaban J connectivity index is 1.63. The maximum absolute atomic E-state index is 13.1. The van der Waals surface area contributed by atoms with E-state index in [1.165, 1.54) is 0 Å². The first-order chi connectivity index (χ1) is 11.2. The molecule has 0 saturated heterocycles. The smallest absolute Gasteiger partial charge is 0.297 e. The number of hydrogen-bond donors (Lipinski definition) is 1. The number of rotatable bonds is 5. The molecule has 0 radical (unpaired) electrons. The number of hydrogen-bond acceptors (Lipinski definition) is 6. The van der Waals surface area contributed by atoms with Gasteiger partial charge in [-0.3, -0.25) is 0 Å². The van der Waals surface area contributed by atoms with Crippen molar-refractivity contribution in [2.45, 2.75) is 25.2 Å². The van der Waals surface area contributed by atoms with Gasteiger partial charge in [0, 0.05) is 11.6 Å². The summed E-state index contributed by atoms with van der Waals surface area (Å²) in [4.78, 5) is 7.93. The van der Waals surface area contributed by atoms with Gasteiger partial charge in [-0.15, -0.1) is 0 Å². The number of nitrogens with zero attached hydrogens (tertiary/aromatic N) is 3. The molecule has 0 atom stereocenters. The van der Waals surface area contributed by atoms with Gasteiger partial charge in [0.15, 0.2) is 11.6 Å². The van der Waals surface area contributed by atoms with Gasteiger partial charge in [-0.1, -0.05) is 18.2 Å². The molecule has 1 N–H and O–H groups in total. The molecule has 1 fully saturated rings. The van der Waals surface area contributed by atoms with Crippen LogP contribution in [0.5, 0.6) is 0 Å². The Morgan fingerprint density at radius 1 is 1.13 bits per heavy atom. The molecular weight excluding hydrogens is 306 g/mol. The van der Waals surface area contributed by atoms with Gasteiger partial charge in [-0.25, -0.2) is 13.8 Å². The quantitative estimate of drug-likeness (QED) is 0.756. The molecule has 0 unspecified atom stereocenters. The van der Waals surface area contributed by atoms with Gasteiger partial charge in [-0.2, -0.15) is 4.98 Å². The second-order valence-electron chi connectivity index (χ2n) is 5.26. The largest absolute Gasteiger partial charge is 0.435 e. The van der Waals surface area contributed by atoms with Crippen LogP contribution in [0.25, 0.3) is 11.7 Å². The molecular formula is C15H12F2N4O2. The number of oxazole rings is 1. The monoisotopic (exact) mass is 318 g/mol. The zero-order valence-corrected chi connectivity index (χ0v) is 11.9. The molecule has 0 bridgehead atoms. The van der Waals surface area contributed by atoms with Crippen molar-refractivity contribution in [1.82, 2.24) is 15.1 Å². The number of anilines is 2. The lowest BCUT2D eigenvalue weighted by atomic mass is 10.3. The molecule has 1 aliphatic carbocycles. The van der Waals surface area contributed by atoms with E-state index >= 15 is 0 Å². The Kier molecular flexibility index (Phi) is 3.29. The number of alkyl halides is 2.